The Morgan fingerprint density at radius 1 is 1.43 bits per heavy atom. The molecule has 0 bridgehead atoms. The molecule has 7 nitrogen and oxygen atoms in total. The zero-order valence-electron chi connectivity index (χ0n) is 12.3. The molecule has 2 rings (SSSR count). The Balaban J connectivity index is 2.15. The van der Waals surface area contributed by atoms with E-state index in [4.69, 9.17) is 0 Å². The standard InChI is InChI=1S/C13H20N4O3S/c1-3-6-16-9-13(15-11(16)2)21(19,20)17-7-4-12(5-8-17)14-10-18/h9,12H,3-8H2,1-2H3. The molecule has 21 heavy (non-hydrogen) atoms. The highest BCUT2D eigenvalue weighted by Crippen LogP contribution is 2.21. The van der Waals surface area contributed by atoms with Crippen LogP contribution < -0.4 is 0 Å². The van der Waals surface area contributed by atoms with E-state index in [0.29, 0.717) is 31.8 Å². The molecule has 1 aliphatic heterocycles. The first-order valence-corrected chi connectivity index (χ1v) is 8.54. The number of carbonyl (C=O) groups excluding carboxylic acids is 1. The predicted molar refractivity (Wildman–Crippen MR) is 77.2 cm³/mol. The topological polar surface area (TPSA) is 84.6 Å². The van der Waals surface area contributed by atoms with Crippen LogP contribution >= 0.6 is 0 Å². The minimum Gasteiger partial charge on any atom is -0.334 e. The van der Waals surface area contributed by atoms with Crippen LogP contribution in [-0.2, 0) is 21.4 Å². The number of aromatic nitrogens is 2. The molecule has 1 aromatic heterocycles. The summed E-state index contributed by atoms with van der Waals surface area (Å²) in [6.45, 7) is 5.31. The van der Waals surface area contributed by atoms with E-state index >= 15 is 0 Å². The van der Waals surface area contributed by atoms with Gasteiger partial charge in [-0.2, -0.15) is 4.31 Å². The van der Waals surface area contributed by atoms with Crippen molar-refractivity contribution in [3.05, 3.63) is 12.0 Å². The van der Waals surface area contributed by atoms with Crippen LogP contribution in [0.3, 0.4) is 0 Å². The van der Waals surface area contributed by atoms with Gasteiger partial charge in [-0.05, 0) is 26.2 Å². The van der Waals surface area contributed by atoms with Gasteiger partial charge in [0.2, 0.25) is 6.08 Å². The van der Waals surface area contributed by atoms with E-state index in [1.54, 1.807) is 13.1 Å². The van der Waals surface area contributed by atoms with E-state index in [0.717, 1.165) is 13.0 Å². The molecule has 2 heterocycles. The smallest absolute Gasteiger partial charge is 0.262 e. The van der Waals surface area contributed by atoms with Gasteiger partial charge in [0.1, 0.15) is 5.82 Å². The van der Waals surface area contributed by atoms with Gasteiger partial charge in [0.15, 0.2) is 5.03 Å². The summed E-state index contributed by atoms with van der Waals surface area (Å²) in [7, 11) is -3.56. The number of rotatable bonds is 5. The van der Waals surface area contributed by atoms with Crippen LogP contribution in [0, 0.1) is 6.92 Å². The van der Waals surface area contributed by atoms with Crippen LogP contribution in [0.2, 0.25) is 0 Å². The van der Waals surface area contributed by atoms with Crippen LogP contribution in [0.15, 0.2) is 16.2 Å². The highest BCUT2D eigenvalue weighted by Gasteiger charge is 2.31. The number of isocyanates is 1. The van der Waals surface area contributed by atoms with E-state index in [9.17, 15) is 13.2 Å². The largest absolute Gasteiger partial charge is 0.334 e. The first kappa shape index (κ1) is 15.9. The van der Waals surface area contributed by atoms with Crippen molar-refractivity contribution in [3.63, 3.8) is 0 Å². The average Bonchev–Trinajstić information content (AvgIpc) is 2.82. The SMILES string of the molecule is CCCn1cc(S(=O)(=O)N2CCC(N=C=O)CC2)nc1C. The molecule has 1 aliphatic rings. The second-order valence-electron chi connectivity index (χ2n) is 5.18. The second-order valence-corrected chi connectivity index (χ2v) is 7.06. The Kier molecular flexibility index (Phi) is 4.92. The fourth-order valence-corrected chi connectivity index (χ4v) is 3.95. The molecule has 0 atom stereocenters. The Morgan fingerprint density at radius 3 is 2.67 bits per heavy atom. The maximum Gasteiger partial charge on any atom is 0.262 e. The summed E-state index contributed by atoms with van der Waals surface area (Å²) in [5.41, 5.74) is 0. The van der Waals surface area contributed by atoms with Crippen molar-refractivity contribution >= 4 is 16.1 Å². The number of hydrogen-bond donors (Lipinski definition) is 0. The van der Waals surface area contributed by atoms with Gasteiger partial charge in [0.05, 0.1) is 6.04 Å². The number of aryl methyl sites for hydroxylation is 2. The summed E-state index contributed by atoms with van der Waals surface area (Å²) >= 11 is 0. The molecular formula is C13H20N4O3S. The molecule has 0 amide bonds. The van der Waals surface area contributed by atoms with Gasteiger partial charge in [-0.15, -0.1) is 0 Å². The van der Waals surface area contributed by atoms with Gasteiger partial charge in [-0.3, -0.25) is 0 Å². The Hall–Kier alpha value is -1.50. The average molecular weight is 312 g/mol. The van der Waals surface area contributed by atoms with Gasteiger partial charge in [0.25, 0.3) is 10.0 Å². The Bertz CT molecular complexity index is 638. The molecule has 0 spiro atoms. The summed E-state index contributed by atoms with van der Waals surface area (Å²) in [5.74, 6) is 0.705. The Labute approximate surface area is 124 Å². The van der Waals surface area contributed by atoms with Crippen molar-refractivity contribution in [1.29, 1.82) is 0 Å². The molecule has 1 fully saturated rings. The van der Waals surface area contributed by atoms with Crippen molar-refractivity contribution in [2.45, 2.75) is 50.7 Å². The van der Waals surface area contributed by atoms with Gasteiger partial charge in [-0.25, -0.2) is 23.2 Å². The number of piperidine rings is 1. The number of nitrogens with zero attached hydrogens (tertiary/aromatic N) is 4. The van der Waals surface area contributed by atoms with Crippen molar-refractivity contribution in [2.24, 2.45) is 4.99 Å². The number of aliphatic imine (C=N–C) groups is 1. The van der Waals surface area contributed by atoms with Gasteiger partial charge in [-0.1, -0.05) is 6.92 Å². The normalized spacial score (nSPS) is 17.6. The molecule has 1 aromatic rings. The molecule has 0 unspecified atom stereocenters. The van der Waals surface area contributed by atoms with Crippen molar-refractivity contribution in [2.75, 3.05) is 13.1 Å². The quantitative estimate of drug-likeness (QED) is 0.602. The van der Waals surface area contributed by atoms with Gasteiger partial charge in [0, 0.05) is 25.8 Å². The van der Waals surface area contributed by atoms with Gasteiger partial charge < -0.3 is 4.57 Å². The lowest BCUT2D eigenvalue weighted by Crippen LogP contribution is -2.39. The van der Waals surface area contributed by atoms with Crippen molar-refractivity contribution in [1.82, 2.24) is 13.9 Å². The highest BCUT2D eigenvalue weighted by molar-refractivity contribution is 7.89. The van der Waals surface area contributed by atoms with Crippen molar-refractivity contribution in [3.8, 4) is 0 Å². The van der Waals surface area contributed by atoms with E-state index in [2.05, 4.69) is 9.98 Å². The summed E-state index contributed by atoms with van der Waals surface area (Å²) in [4.78, 5) is 18.1. The fourth-order valence-electron chi connectivity index (χ4n) is 2.49. The van der Waals surface area contributed by atoms with Crippen LogP contribution in [0.5, 0.6) is 0 Å². The maximum absolute atomic E-state index is 12.6. The third kappa shape index (κ3) is 3.40. The monoisotopic (exact) mass is 312 g/mol. The first-order valence-electron chi connectivity index (χ1n) is 7.10. The number of hydrogen-bond acceptors (Lipinski definition) is 5. The Morgan fingerprint density at radius 2 is 2.10 bits per heavy atom. The van der Waals surface area contributed by atoms with Crippen LogP contribution in [0.1, 0.15) is 32.0 Å². The lowest BCUT2D eigenvalue weighted by atomic mass is 10.1. The van der Waals surface area contributed by atoms with Crippen molar-refractivity contribution < 1.29 is 13.2 Å². The summed E-state index contributed by atoms with van der Waals surface area (Å²) in [6.07, 6.45) is 5.15. The number of sulfonamides is 1. The second kappa shape index (κ2) is 6.51. The lowest BCUT2D eigenvalue weighted by Gasteiger charge is -2.27. The molecule has 0 aromatic carbocycles. The predicted octanol–water partition coefficient (Wildman–Crippen LogP) is 1.09. The van der Waals surface area contributed by atoms with Crippen LogP contribution in [-0.4, -0.2) is 47.5 Å². The van der Waals surface area contributed by atoms with E-state index in [1.165, 1.54) is 10.4 Å². The molecule has 116 valence electrons. The zero-order valence-corrected chi connectivity index (χ0v) is 13.1. The maximum atomic E-state index is 12.6. The zero-order chi connectivity index (χ0) is 15.5. The third-order valence-electron chi connectivity index (χ3n) is 3.68. The molecule has 8 heteroatoms. The van der Waals surface area contributed by atoms with E-state index in [-0.39, 0.29) is 11.1 Å². The molecule has 0 radical (unpaired) electrons. The summed E-state index contributed by atoms with van der Waals surface area (Å²) in [6, 6.07) is -0.117. The third-order valence-corrected chi connectivity index (χ3v) is 5.45. The van der Waals surface area contributed by atoms with Crippen LogP contribution in [0.4, 0.5) is 0 Å². The molecule has 0 aliphatic carbocycles. The molecule has 0 N–H and O–H groups in total. The van der Waals surface area contributed by atoms with Crippen LogP contribution in [0.25, 0.3) is 0 Å². The number of imidazole rings is 1. The molecule has 1 saturated heterocycles. The van der Waals surface area contributed by atoms with Gasteiger partial charge >= 0.3 is 0 Å². The minimum absolute atomic E-state index is 0.103. The minimum atomic E-state index is -3.56. The van der Waals surface area contributed by atoms with E-state index in [1.807, 2.05) is 11.5 Å². The molecule has 0 saturated carbocycles. The van der Waals surface area contributed by atoms with E-state index < -0.39 is 10.0 Å². The first-order chi connectivity index (χ1) is 9.98. The lowest BCUT2D eigenvalue weighted by molar-refractivity contribution is 0.319. The fraction of sp³-hybridized carbons (Fsp3) is 0.692. The summed E-state index contributed by atoms with van der Waals surface area (Å²) in [5, 5.41) is 0.103. The summed E-state index contributed by atoms with van der Waals surface area (Å²) < 4.78 is 28.4. The molecular weight excluding hydrogens is 292 g/mol. The highest BCUT2D eigenvalue weighted by atomic mass is 32.2.